The lowest BCUT2D eigenvalue weighted by Gasteiger charge is -2.14. The molecule has 0 aliphatic carbocycles. The predicted octanol–water partition coefficient (Wildman–Crippen LogP) is 2.73. The van der Waals surface area contributed by atoms with Crippen LogP contribution in [0, 0.1) is 5.92 Å². The van der Waals surface area contributed by atoms with Gasteiger partial charge in [-0.25, -0.2) is 0 Å². The van der Waals surface area contributed by atoms with Crippen LogP contribution in [0.2, 0.25) is 0 Å². The van der Waals surface area contributed by atoms with E-state index in [9.17, 15) is 18.3 Å². The lowest BCUT2D eigenvalue weighted by Crippen LogP contribution is -2.30. The Balaban J connectivity index is 2.41. The molecule has 0 aliphatic rings. The summed E-state index contributed by atoms with van der Waals surface area (Å²) in [7, 11) is 0. The van der Waals surface area contributed by atoms with Gasteiger partial charge in [0.1, 0.15) is 5.75 Å². The zero-order valence-corrected chi connectivity index (χ0v) is 11.6. The number of halogens is 3. The summed E-state index contributed by atoms with van der Waals surface area (Å²) in [5.74, 6) is 0.245. The molecule has 20 heavy (non-hydrogen) atoms. The summed E-state index contributed by atoms with van der Waals surface area (Å²) < 4.78 is 39.7. The summed E-state index contributed by atoms with van der Waals surface area (Å²) in [6, 6.07) is 5.54. The van der Waals surface area contributed by atoms with E-state index in [1.165, 1.54) is 24.3 Å². The number of aliphatic hydroxyl groups excluding tert-OH is 1. The normalized spacial score (nSPS) is 13.6. The van der Waals surface area contributed by atoms with Crippen molar-refractivity contribution in [3.8, 4) is 5.75 Å². The van der Waals surface area contributed by atoms with Crippen molar-refractivity contribution in [3.63, 3.8) is 0 Å². The van der Waals surface area contributed by atoms with E-state index in [1.807, 2.05) is 0 Å². The van der Waals surface area contributed by atoms with Crippen LogP contribution in [0.3, 0.4) is 0 Å². The summed E-state index contributed by atoms with van der Waals surface area (Å²) in [5.41, 5.74) is 0.762. The molecule has 1 atom stereocenters. The van der Waals surface area contributed by atoms with Crippen LogP contribution in [0.15, 0.2) is 24.3 Å². The smallest absolute Gasteiger partial charge is 0.406 e. The molecular formula is C14H20F3NO2. The highest BCUT2D eigenvalue weighted by atomic mass is 19.4. The van der Waals surface area contributed by atoms with Crippen LogP contribution in [0.25, 0.3) is 0 Å². The van der Waals surface area contributed by atoms with E-state index in [1.54, 1.807) is 0 Å². The molecule has 0 spiro atoms. The second-order valence-corrected chi connectivity index (χ2v) is 5.10. The zero-order chi connectivity index (χ0) is 15.2. The summed E-state index contributed by atoms with van der Waals surface area (Å²) in [4.78, 5) is 0. The number of nitrogens with one attached hydrogen (secondary N) is 1. The van der Waals surface area contributed by atoms with Crippen molar-refractivity contribution in [2.75, 3.05) is 13.1 Å². The molecule has 0 saturated carbocycles. The number of alkyl halides is 3. The Morgan fingerprint density at radius 2 is 1.75 bits per heavy atom. The molecule has 3 nitrogen and oxygen atoms in total. The van der Waals surface area contributed by atoms with Crippen molar-refractivity contribution < 1.29 is 23.0 Å². The Labute approximate surface area is 116 Å². The topological polar surface area (TPSA) is 41.5 Å². The molecule has 0 amide bonds. The van der Waals surface area contributed by atoms with Crippen LogP contribution in [0.4, 0.5) is 13.2 Å². The monoisotopic (exact) mass is 291 g/mol. The van der Waals surface area contributed by atoms with Crippen molar-refractivity contribution in [2.24, 2.45) is 5.92 Å². The Morgan fingerprint density at radius 1 is 1.15 bits per heavy atom. The molecule has 1 aromatic carbocycles. The van der Waals surface area contributed by atoms with Gasteiger partial charge in [0.2, 0.25) is 0 Å². The molecule has 0 radical (unpaired) electrons. The summed E-state index contributed by atoms with van der Waals surface area (Å²) >= 11 is 0. The van der Waals surface area contributed by atoms with Gasteiger partial charge in [0.15, 0.2) is 0 Å². The first-order chi connectivity index (χ1) is 9.26. The highest BCUT2D eigenvalue weighted by molar-refractivity contribution is 5.27. The third kappa shape index (κ3) is 7.35. The van der Waals surface area contributed by atoms with Crippen LogP contribution < -0.4 is 10.1 Å². The molecule has 0 bridgehead atoms. The van der Waals surface area contributed by atoms with E-state index in [4.69, 9.17) is 0 Å². The quantitative estimate of drug-likeness (QED) is 0.811. The largest absolute Gasteiger partial charge is 0.573 e. The van der Waals surface area contributed by atoms with Gasteiger partial charge in [-0.3, -0.25) is 0 Å². The molecule has 6 heteroatoms. The first kappa shape index (κ1) is 16.8. The van der Waals surface area contributed by atoms with E-state index in [2.05, 4.69) is 23.9 Å². The second kappa shape index (κ2) is 7.50. The van der Waals surface area contributed by atoms with Crippen LogP contribution in [0.1, 0.15) is 19.4 Å². The first-order valence-electron chi connectivity index (χ1n) is 6.49. The number of benzene rings is 1. The molecule has 0 aliphatic heterocycles. The average Bonchev–Trinajstić information content (AvgIpc) is 2.29. The second-order valence-electron chi connectivity index (χ2n) is 5.10. The minimum absolute atomic E-state index is 0.256. The van der Waals surface area contributed by atoms with Crippen molar-refractivity contribution in [2.45, 2.75) is 32.7 Å². The van der Waals surface area contributed by atoms with Crippen LogP contribution in [-0.4, -0.2) is 30.7 Å². The SMILES string of the molecule is CC(C)CNCC(O)Cc1ccc(OC(F)(F)F)cc1. The van der Waals surface area contributed by atoms with Crippen LogP contribution >= 0.6 is 0 Å². The van der Waals surface area contributed by atoms with E-state index in [0.717, 1.165) is 12.1 Å². The highest BCUT2D eigenvalue weighted by Gasteiger charge is 2.30. The summed E-state index contributed by atoms with van der Waals surface area (Å²) in [6.45, 7) is 5.41. The molecule has 0 fully saturated rings. The number of hydrogen-bond donors (Lipinski definition) is 2. The van der Waals surface area contributed by atoms with E-state index < -0.39 is 12.5 Å². The summed E-state index contributed by atoms with van der Waals surface area (Å²) in [5, 5.41) is 12.9. The van der Waals surface area contributed by atoms with Crippen molar-refractivity contribution >= 4 is 0 Å². The number of rotatable bonds is 7. The van der Waals surface area contributed by atoms with Gasteiger partial charge in [-0.15, -0.1) is 13.2 Å². The van der Waals surface area contributed by atoms with E-state index in [0.29, 0.717) is 18.9 Å². The minimum Gasteiger partial charge on any atom is -0.406 e. The van der Waals surface area contributed by atoms with Crippen LogP contribution in [0.5, 0.6) is 5.75 Å². The van der Waals surface area contributed by atoms with Crippen LogP contribution in [-0.2, 0) is 6.42 Å². The third-order valence-electron chi connectivity index (χ3n) is 2.56. The van der Waals surface area contributed by atoms with Gasteiger partial charge < -0.3 is 15.2 Å². The van der Waals surface area contributed by atoms with Gasteiger partial charge in [-0.2, -0.15) is 0 Å². The van der Waals surface area contributed by atoms with Gasteiger partial charge in [0, 0.05) is 6.54 Å². The van der Waals surface area contributed by atoms with Gasteiger partial charge in [-0.05, 0) is 36.6 Å². The Hall–Kier alpha value is -1.27. The lowest BCUT2D eigenvalue weighted by molar-refractivity contribution is -0.274. The Bertz CT molecular complexity index is 390. The fourth-order valence-electron chi connectivity index (χ4n) is 1.71. The van der Waals surface area contributed by atoms with E-state index in [-0.39, 0.29) is 5.75 Å². The summed E-state index contributed by atoms with van der Waals surface area (Å²) in [6.07, 6.45) is -4.86. The highest BCUT2D eigenvalue weighted by Crippen LogP contribution is 2.22. The van der Waals surface area contributed by atoms with Crippen molar-refractivity contribution in [1.29, 1.82) is 0 Å². The van der Waals surface area contributed by atoms with Crippen molar-refractivity contribution in [3.05, 3.63) is 29.8 Å². The Kier molecular flexibility index (Phi) is 6.29. The fraction of sp³-hybridized carbons (Fsp3) is 0.571. The third-order valence-corrected chi connectivity index (χ3v) is 2.56. The molecule has 1 rings (SSSR count). The maximum absolute atomic E-state index is 12.0. The number of hydrogen-bond acceptors (Lipinski definition) is 3. The molecule has 0 heterocycles. The Morgan fingerprint density at radius 3 is 2.25 bits per heavy atom. The lowest BCUT2D eigenvalue weighted by atomic mass is 10.1. The van der Waals surface area contributed by atoms with Gasteiger partial charge in [-0.1, -0.05) is 26.0 Å². The van der Waals surface area contributed by atoms with Gasteiger partial charge in [0.05, 0.1) is 6.10 Å². The average molecular weight is 291 g/mol. The molecule has 114 valence electrons. The van der Waals surface area contributed by atoms with Crippen molar-refractivity contribution in [1.82, 2.24) is 5.32 Å². The predicted molar refractivity (Wildman–Crippen MR) is 70.5 cm³/mol. The number of ether oxygens (including phenoxy) is 1. The maximum Gasteiger partial charge on any atom is 0.573 e. The van der Waals surface area contributed by atoms with E-state index >= 15 is 0 Å². The molecule has 2 N–H and O–H groups in total. The fourth-order valence-corrected chi connectivity index (χ4v) is 1.71. The maximum atomic E-state index is 12.0. The first-order valence-corrected chi connectivity index (χ1v) is 6.49. The minimum atomic E-state index is -4.68. The van der Waals surface area contributed by atoms with Gasteiger partial charge in [0.25, 0.3) is 0 Å². The number of aliphatic hydroxyl groups is 1. The molecule has 1 unspecified atom stereocenters. The zero-order valence-electron chi connectivity index (χ0n) is 11.6. The molecule has 0 saturated heterocycles. The van der Waals surface area contributed by atoms with Gasteiger partial charge >= 0.3 is 6.36 Å². The standard InChI is InChI=1S/C14H20F3NO2/c1-10(2)8-18-9-12(19)7-11-3-5-13(6-4-11)20-14(15,16)17/h3-6,10,12,18-19H,7-9H2,1-2H3. The molecule has 1 aromatic rings. The molecule has 0 aromatic heterocycles. The molecular weight excluding hydrogens is 271 g/mol.